The van der Waals surface area contributed by atoms with E-state index in [4.69, 9.17) is 5.11 Å². The van der Waals surface area contributed by atoms with Gasteiger partial charge in [0, 0.05) is 47.4 Å². The topological polar surface area (TPSA) is 37.3 Å². The minimum absolute atomic E-state index is 0. The normalized spacial score (nSPS) is 5.33. The molecule has 31 valence electrons. The van der Waals surface area contributed by atoms with Gasteiger partial charge in [-0.25, -0.2) is 4.79 Å². The number of carbonyl (C=O) groups is 1. The molecule has 0 bridgehead atoms. The third-order valence-electron chi connectivity index (χ3n) is 0.175. The van der Waals surface area contributed by atoms with Crippen molar-refractivity contribution in [2.45, 2.75) is 0 Å². The van der Waals surface area contributed by atoms with E-state index in [1.165, 1.54) is 0 Å². The van der Waals surface area contributed by atoms with Crippen LogP contribution in [0.5, 0.6) is 0 Å². The summed E-state index contributed by atoms with van der Waals surface area (Å²) in [4.78, 5) is 9.25. The second-order valence-electron chi connectivity index (χ2n) is 0.542. The zero-order valence-electron chi connectivity index (χ0n) is 3.22. The van der Waals surface area contributed by atoms with Gasteiger partial charge in [0.2, 0.25) is 0 Å². The number of hydrogen-bond donors (Lipinski definition) is 1. The fourth-order valence-electron chi connectivity index (χ4n) is 0. The van der Waals surface area contributed by atoms with Crippen molar-refractivity contribution >= 4 is 5.97 Å². The first kappa shape index (κ1) is 9.76. The molecule has 0 aromatic rings. The standard InChI is InChI=1S/C3H4O2.Pr/c1-2-3(4)5;/h2H,1H2,(H,4,5);. The molecule has 2 nitrogen and oxygen atoms in total. The van der Waals surface area contributed by atoms with Crippen LogP contribution < -0.4 is 0 Å². The summed E-state index contributed by atoms with van der Waals surface area (Å²) < 4.78 is 0. The van der Waals surface area contributed by atoms with E-state index in [2.05, 4.69) is 6.58 Å². The van der Waals surface area contributed by atoms with Crippen LogP contribution in [-0.2, 0) is 4.79 Å². The molecule has 0 spiro atoms. The number of carboxylic acids is 1. The minimum Gasteiger partial charge on any atom is -0.478 e. The molecular formula is C3H4O2Pr. The maximum absolute atomic E-state index is 9.25. The van der Waals surface area contributed by atoms with Crippen molar-refractivity contribution in [1.82, 2.24) is 0 Å². The molecule has 0 fully saturated rings. The van der Waals surface area contributed by atoms with Gasteiger partial charge in [-0.15, -0.1) is 0 Å². The summed E-state index contributed by atoms with van der Waals surface area (Å²) in [6.45, 7) is 2.96. The van der Waals surface area contributed by atoms with Gasteiger partial charge in [0.05, 0.1) is 0 Å². The van der Waals surface area contributed by atoms with E-state index in [1.807, 2.05) is 0 Å². The Morgan fingerprint density at radius 1 is 1.83 bits per heavy atom. The summed E-state index contributed by atoms with van der Waals surface area (Å²) in [5.74, 6) is -0.981. The number of carboxylic acid groups (broad SMARTS) is 1. The maximum atomic E-state index is 9.25. The van der Waals surface area contributed by atoms with Gasteiger partial charge in [0.1, 0.15) is 0 Å². The van der Waals surface area contributed by atoms with E-state index in [-0.39, 0.29) is 41.3 Å². The average Bonchev–Trinajstić information content (AvgIpc) is 1.38. The first-order chi connectivity index (χ1) is 2.27. The summed E-state index contributed by atoms with van der Waals surface area (Å²) in [7, 11) is 0. The molecule has 0 amide bonds. The van der Waals surface area contributed by atoms with Crippen LogP contribution in [0.1, 0.15) is 0 Å². The molecule has 0 aromatic heterocycles. The Bertz CT molecular complexity index is 59.8. The molecule has 0 atom stereocenters. The van der Waals surface area contributed by atoms with E-state index in [9.17, 15) is 4.79 Å². The number of rotatable bonds is 1. The predicted molar refractivity (Wildman–Crippen MR) is 17.8 cm³/mol. The SMILES string of the molecule is C=CC(=O)O.[Pr]. The van der Waals surface area contributed by atoms with Crippen molar-refractivity contribution in [3.63, 3.8) is 0 Å². The van der Waals surface area contributed by atoms with Gasteiger partial charge in [-0.05, 0) is 0 Å². The van der Waals surface area contributed by atoms with Gasteiger partial charge in [-0.2, -0.15) is 0 Å². The molecule has 3 heteroatoms. The van der Waals surface area contributed by atoms with Crippen LogP contribution in [0.4, 0.5) is 0 Å². The Morgan fingerprint density at radius 3 is 2.00 bits per heavy atom. The van der Waals surface area contributed by atoms with Crippen molar-refractivity contribution in [1.29, 1.82) is 0 Å². The second kappa shape index (κ2) is 5.57. The molecule has 0 saturated heterocycles. The molecule has 0 aliphatic rings. The third kappa shape index (κ3) is 8.82. The van der Waals surface area contributed by atoms with Crippen LogP contribution in [0, 0.1) is 41.3 Å². The molecule has 6 heavy (non-hydrogen) atoms. The van der Waals surface area contributed by atoms with Gasteiger partial charge < -0.3 is 5.11 Å². The monoisotopic (exact) mass is 213 g/mol. The van der Waals surface area contributed by atoms with Crippen molar-refractivity contribution < 1.29 is 51.2 Å². The van der Waals surface area contributed by atoms with Crippen LogP contribution in [0.15, 0.2) is 12.7 Å². The average molecular weight is 213 g/mol. The molecule has 0 heterocycles. The van der Waals surface area contributed by atoms with Crippen LogP contribution in [-0.4, -0.2) is 11.1 Å². The van der Waals surface area contributed by atoms with Gasteiger partial charge in [0.25, 0.3) is 0 Å². The van der Waals surface area contributed by atoms with Crippen LogP contribution in [0.25, 0.3) is 0 Å². The molecule has 0 aliphatic heterocycles. The zero-order valence-corrected chi connectivity index (χ0v) is 6.92. The summed E-state index contributed by atoms with van der Waals surface area (Å²) in [6, 6.07) is 0. The van der Waals surface area contributed by atoms with Gasteiger partial charge in [-0.1, -0.05) is 6.58 Å². The Kier molecular flexibility index (Phi) is 9.07. The van der Waals surface area contributed by atoms with Crippen molar-refractivity contribution in [2.75, 3.05) is 0 Å². The van der Waals surface area contributed by atoms with Crippen LogP contribution in [0.3, 0.4) is 0 Å². The number of aliphatic carboxylic acids is 1. The fourth-order valence-corrected chi connectivity index (χ4v) is 0. The molecule has 0 aromatic carbocycles. The summed E-state index contributed by atoms with van der Waals surface area (Å²) in [5.41, 5.74) is 0. The van der Waals surface area contributed by atoms with Crippen molar-refractivity contribution in [3.8, 4) is 0 Å². The van der Waals surface area contributed by atoms with Crippen LogP contribution in [0.2, 0.25) is 0 Å². The Morgan fingerprint density at radius 2 is 2.00 bits per heavy atom. The first-order valence-electron chi connectivity index (χ1n) is 1.12. The summed E-state index contributed by atoms with van der Waals surface area (Å²) in [5, 5.41) is 7.60. The van der Waals surface area contributed by atoms with Gasteiger partial charge >= 0.3 is 5.97 Å². The minimum atomic E-state index is -0.981. The molecule has 0 unspecified atom stereocenters. The smallest absolute Gasteiger partial charge is 0.327 e. The van der Waals surface area contributed by atoms with E-state index in [0.717, 1.165) is 6.08 Å². The largest absolute Gasteiger partial charge is 0.478 e. The number of hydrogen-bond acceptors (Lipinski definition) is 1. The maximum Gasteiger partial charge on any atom is 0.327 e. The third-order valence-corrected chi connectivity index (χ3v) is 0.175. The van der Waals surface area contributed by atoms with E-state index < -0.39 is 5.97 Å². The Hall–Kier alpha value is 0.574. The Labute approximate surface area is 69.2 Å². The van der Waals surface area contributed by atoms with E-state index in [1.54, 1.807) is 0 Å². The van der Waals surface area contributed by atoms with E-state index in [0.29, 0.717) is 0 Å². The summed E-state index contributed by atoms with van der Waals surface area (Å²) >= 11 is 0. The first-order valence-corrected chi connectivity index (χ1v) is 1.12. The summed E-state index contributed by atoms with van der Waals surface area (Å²) in [6.07, 6.45) is 0.833. The Balaban J connectivity index is 0. The fraction of sp³-hybridized carbons (Fsp3) is 0. The molecule has 0 saturated carbocycles. The van der Waals surface area contributed by atoms with Gasteiger partial charge in [-0.3, -0.25) is 0 Å². The van der Waals surface area contributed by atoms with Crippen molar-refractivity contribution in [3.05, 3.63) is 12.7 Å². The molecule has 1 radical (unpaired) electrons. The quantitative estimate of drug-likeness (QED) is 0.634. The van der Waals surface area contributed by atoms with Gasteiger partial charge in [0.15, 0.2) is 0 Å². The van der Waals surface area contributed by atoms with Crippen LogP contribution >= 0.6 is 0 Å². The zero-order chi connectivity index (χ0) is 4.28. The van der Waals surface area contributed by atoms with Crippen molar-refractivity contribution in [2.24, 2.45) is 0 Å². The second-order valence-corrected chi connectivity index (χ2v) is 0.542. The predicted octanol–water partition coefficient (Wildman–Crippen LogP) is 0.257. The molecular weight excluding hydrogens is 209 g/mol. The molecule has 0 rings (SSSR count). The van der Waals surface area contributed by atoms with E-state index >= 15 is 0 Å². The molecule has 1 N–H and O–H groups in total. The molecule has 0 aliphatic carbocycles.